The topological polar surface area (TPSA) is 56.3 Å². The first kappa shape index (κ1) is 12.4. The molecule has 4 nitrogen and oxygen atoms in total. The fourth-order valence-electron chi connectivity index (χ4n) is 2.67. The Morgan fingerprint density at radius 1 is 1.00 bits per heavy atom. The van der Waals surface area contributed by atoms with E-state index in [1.165, 1.54) is 6.07 Å². The van der Waals surface area contributed by atoms with Gasteiger partial charge in [0.05, 0.1) is 15.9 Å². The van der Waals surface area contributed by atoms with Crippen molar-refractivity contribution in [2.45, 2.75) is 0 Å². The molecule has 0 spiro atoms. The van der Waals surface area contributed by atoms with E-state index in [9.17, 15) is 10.1 Å². The summed E-state index contributed by atoms with van der Waals surface area (Å²) in [4.78, 5) is 10.9. The first-order valence-electron chi connectivity index (χ1n) is 6.73. The average Bonchev–Trinajstić information content (AvgIpc) is 2.93. The van der Waals surface area contributed by atoms with Crippen LogP contribution >= 0.6 is 0 Å². The number of furan rings is 1. The molecule has 4 rings (SSSR count). The number of nitrogens with zero attached hydrogens (tertiary/aromatic N) is 1. The zero-order valence-corrected chi connectivity index (χ0v) is 11.4. The Kier molecular flexibility index (Phi) is 2.60. The monoisotopic (exact) mass is 287 g/mol. The summed E-state index contributed by atoms with van der Waals surface area (Å²) in [5.74, 6) is 0. The number of rotatable bonds is 2. The van der Waals surface area contributed by atoms with Crippen molar-refractivity contribution < 1.29 is 9.34 Å². The maximum absolute atomic E-state index is 11.3. The van der Waals surface area contributed by atoms with E-state index in [0.717, 1.165) is 16.4 Å². The van der Waals surface area contributed by atoms with Crippen molar-refractivity contribution in [3.63, 3.8) is 0 Å². The Hall–Kier alpha value is -3.32. The molecule has 0 amide bonds. The van der Waals surface area contributed by atoms with Crippen LogP contribution in [-0.2, 0) is 0 Å². The lowest BCUT2D eigenvalue weighted by atomic mass is 10.0. The minimum absolute atomic E-state index is 0.0452. The van der Waals surface area contributed by atoms with E-state index in [2.05, 4.69) is 12.1 Å². The van der Waals surface area contributed by atoms with Crippen LogP contribution < -0.4 is 0 Å². The van der Waals surface area contributed by atoms with Crippen LogP contribution in [-0.4, -0.2) is 4.92 Å². The molecule has 0 saturated carbocycles. The summed E-state index contributed by atoms with van der Waals surface area (Å²) >= 11 is 0. The second-order valence-electron chi connectivity index (χ2n) is 4.90. The van der Waals surface area contributed by atoms with Crippen molar-refractivity contribution in [1.82, 2.24) is 0 Å². The summed E-state index contributed by atoms with van der Waals surface area (Å²) in [5.41, 5.74) is 2.53. The molecule has 104 valence electrons. The summed E-state index contributed by atoms with van der Waals surface area (Å²) in [7, 11) is 0. The molecule has 0 saturated heterocycles. The SMILES string of the molecule is O=[N+]([O-])c1ccccc1-c1cc#cc2c1oc1ccccc12. The van der Waals surface area contributed by atoms with Crippen molar-refractivity contribution in [3.8, 4) is 11.1 Å². The molecule has 0 bridgehead atoms. The highest BCUT2D eigenvalue weighted by atomic mass is 16.6. The number of hydrogen-bond donors (Lipinski definition) is 0. The van der Waals surface area contributed by atoms with Crippen molar-refractivity contribution in [2.75, 3.05) is 0 Å². The second kappa shape index (κ2) is 4.61. The number of para-hydroxylation sites is 2. The van der Waals surface area contributed by atoms with Gasteiger partial charge in [-0.3, -0.25) is 10.1 Å². The average molecular weight is 287 g/mol. The molecule has 0 aliphatic heterocycles. The standard InChI is InChI=1S/C18H9NO3/c20-19(21)16-10-3-1-6-12(16)14-8-5-9-15-13-7-2-4-11-17(13)22-18(14)15/h1-4,6-8,10-11H. The third-order valence-electron chi connectivity index (χ3n) is 3.64. The van der Waals surface area contributed by atoms with Gasteiger partial charge in [-0.2, -0.15) is 0 Å². The Morgan fingerprint density at radius 2 is 1.77 bits per heavy atom. The lowest BCUT2D eigenvalue weighted by Crippen LogP contribution is -1.91. The molecule has 4 heteroatoms. The van der Waals surface area contributed by atoms with Crippen LogP contribution in [0.2, 0.25) is 0 Å². The lowest BCUT2D eigenvalue weighted by Gasteiger charge is -2.02. The zero-order chi connectivity index (χ0) is 15.1. The third-order valence-corrected chi connectivity index (χ3v) is 3.64. The van der Waals surface area contributed by atoms with Gasteiger partial charge in [0.2, 0.25) is 0 Å². The Labute approximate surface area is 125 Å². The molecule has 22 heavy (non-hydrogen) atoms. The fraction of sp³-hybridized carbons (Fsp3) is 0. The first-order chi connectivity index (χ1) is 10.8. The maximum atomic E-state index is 11.3. The van der Waals surface area contributed by atoms with Crippen molar-refractivity contribution in [3.05, 3.63) is 76.8 Å². The smallest absolute Gasteiger partial charge is 0.277 e. The molecule has 4 aromatic rings. The molecule has 0 radical (unpaired) electrons. The van der Waals surface area contributed by atoms with E-state index in [1.807, 2.05) is 24.3 Å². The summed E-state index contributed by atoms with van der Waals surface area (Å²) in [6.45, 7) is 0. The van der Waals surface area contributed by atoms with Crippen LogP contribution in [0.4, 0.5) is 5.69 Å². The van der Waals surface area contributed by atoms with Crippen molar-refractivity contribution >= 4 is 27.6 Å². The normalized spacial score (nSPS) is 10.7. The van der Waals surface area contributed by atoms with Gasteiger partial charge in [-0.1, -0.05) is 36.4 Å². The Bertz CT molecular complexity index is 1020. The number of nitro benzene ring substituents is 1. The molecule has 1 aromatic heterocycles. The molecule has 3 aromatic carbocycles. The molecule has 0 unspecified atom stereocenters. The Morgan fingerprint density at radius 3 is 2.64 bits per heavy atom. The summed E-state index contributed by atoms with van der Waals surface area (Å²) in [6.07, 6.45) is 0. The summed E-state index contributed by atoms with van der Waals surface area (Å²) in [5, 5.41) is 13.0. The number of benzene rings is 2. The minimum Gasteiger partial charge on any atom is -0.455 e. The van der Waals surface area contributed by atoms with E-state index < -0.39 is 0 Å². The van der Waals surface area contributed by atoms with Gasteiger partial charge in [0.25, 0.3) is 5.69 Å². The second-order valence-corrected chi connectivity index (χ2v) is 4.90. The first-order valence-corrected chi connectivity index (χ1v) is 6.73. The highest BCUT2D eigenvalue weighted by Gasteiger charge is 2.18. The Balaban J connectivity index is 2.10. The van der Waals surface area contributed by atoms with Gasteiger partial charge in [-0.05, 0) is 18.2 Å². The predicted octanol–water partition coefficient (Wildman–Crippen LogP) is 4.76. The van der Waals surface area contributed by atoms with Gasteiger partial charge in [0.1, 0.15) is 5.58 Å². The molecular weight excluding hydrogens is 278 g/mol. The molecule has 0 aliphatic rings. The number of fused-ring (bicyclic) bond motifs is 3. The highest BCUT2D eigenvalue weighted by molar-refractivity contribution is 6.09. The maximum Gasteiger partial charge on any atom is 0.277 e. The minimum atomic E-state index is -0.388. The molecule has 0 N–H and O–H groups in total. The zero-order valence-electron chi connectivity index (χ0n) is 11.4. The van der Waals surface area contributed by atoms with Gasteiger partial charge in [0.15, 0.2) is 5.58 Å². The number of nitro groups is 1. The van der Waals surface area contributed by atoms with Crippen LogP contribution in [0.3, 0.4) is 0 Å². The van der Waals surface area contributed by atoms with E-state index in [1.54, 1.807) is 24.3 Å². The van der Waals surface area contributed by atoms with Crippen LogP contribution in [0.5, 0.6) is 0 Å². The van der Waals surface area contributed by atoms with Crippen molar-refractivity contribution in [1.29, 1.82) is 0 Å². The van der Waals surface area contributed by atoms with Gasteiger partial charge in [0, 0.05) is 23.1 Å². The van der Waals surface area contributed by atoms with Crippen LogP contribution in [0.25, 0.3) is 33.1 Å². The van der Waals surface area contributed by atoms with Gasteiger partial charge < -0.3 is 4.42 Å². The van der Waals surface area contributed by atoms with Crippen LogP contribution in [0.15, 0.2) is 59.0 Å². The van der Waals surface area contributed by atoms with E-state index in [-0.39, 0.29) is 10.6 Å². The molecule has 0 aliphatic carbocycles. The molecule has 1 heterocycles. The molecule has 0 atom stereocenters. The van der Waals surface area contributed by atoms with Crippen LogP contribution in [0.1, 0.15) is 0 Å². The van der Waals surface area contributed by atoms with Crippen molar-refractivity contribution in [2.24, 2.45) is 0 Å². The predicted molar refractivity (Wildman–Crippen MR) is 83.5 cm³/mol. The summed E-state index contributed by atoms with van der Waals surface area (Å²) < 4.78 is 5.90. The molecule has 0 fully saturated rings. The van der Waals surface area contributed by atoms with E-state index in [0.29, 0.717) is 16.7 Å². The third kappa shape index (κ3) is 1.73. The van der Waals surface area contributed by atoms with Crippen LogP contribution in [0, 0.1) is 22.2 Å². The quantitative estimate of drug-likeness (QED) is 0.394. The van der Waals surface area contributed by atoms with Gasteiger partial charge in [-0.25, -0.2) is 0 Å². The fourth-order valence-corrected chi connectivity index (χ4v) is 2.67. The molecular formula is C18H9NO3. The summed E-state index contributed by atoms with van der Waals surface area (Å²) in [6, 6.07) is 21.9. The largest absolute Gasteiger partial charge is 0.455 e. The van der Waals surface area contributed by atoms with E-state index >= 15 is 0 Å². The van der Waals surface area contributed by atoms with Gasteiger partial charge >= 0.3 is 0 Å². The highest BCUT2D eigenvalue weighted by Crippen LogP contribution is 2.37. The van der Waals surface area contributed by atoms with Gasteiger partial charge in [-0.15, -0.1) is 0 Å². The number of hydrogen-bond acceptors (Lipinski definition) is 3. The van der Waals surface area contributed by atoms with E-state index in [4.69, 9.17) is 4.42 Å². The lowest BCUT2D eigenvalue weighted by molar-refractivity contribution is -0.384.